The summed E-state index contributed by atoms with van der Waals surface area (Å²) in [5.41, 5.74) is 0.447. The van der Waals surface area contributed by atoms with Gasteiger partial charge in [0.25, 0.3) is 0 Å². The molecule has 0 spiro atoms. The predicted molar refractivity (Wildman–Crippen MR) is 85.8 cm³/mol. The zero-order valence-electron chi connectivity index (χ0n) is 13.0. The molecule has 0 radical (unpaired) electrons. The van der Waals surface area contributed by atoms with Gasteiger partial charge in [-0.15, -0.1) is 0 Å². The molecule has 2 aliphatic carbocycles. The second-order valence-corrected chi connectivity index (χ2v) is 8.08. The highest BCUT2D eigenvalue weighted by Gasteiger charge is 2.37. The molecule has 0 aliphatic heterocycles. The molecule has 2 rings (SSSR count). The summed E-state index contributed by atoms with van der Waals surface area (Å²) in [4.78, 5) is 0. The lowest BCUT2D eigenvalue weighted by Gasteiger charge is -2.39. The first kappa shape index (κ1) is 15.8. The minimum Gasteiger partial charge on any atom is -0.377 e. The topological polar surface area (TPSA) is 9.23 Å². The van der Waals surface area contributed by atoms with E-state index in [9.17, 15) is 0 Å². The maximum atomic E-state index is 6.48. The van der Waals surface area contributed by atoms with E-state index in [1.807, 2.05) is 0 Å². The van der Waals surface area contributed by atoms with Crippen LogP contribution >= 0.6 is 15.9 Å². The Bertz CT molecular complexity index is 270. The van der Waals surface area contributed by atoms with E-state index in [1.54, 1.807) is 0 Å². The van der Waals surface area contributed by atoms with Crippen molar-refractivity contribution in [3.05, 3.63) is 0 Å². The van der Waals surface area contributed by atoms with Crippen molar-refractivity contribution in [2.45, 2.75) is 71.8 Å². The van der Waals surface area contributed by atoms with Crippen LogP contribution in [0.2, 0.25) is 0 Å². The normalized spacial score (nSPS) is 34.9. The molecule has 3 atom stereocenters. The Kier molecular flexibility index (Phi) is 5.77. The summed E-state index contributed by atoms with van der Waals surface area (Å²) in [6, 6.07) is 0. The summed E-state index contributed by atoms with van der Waals surface area (Å²) in [6.07, 6.45) is 10.0. The second kappa shape index (κ2) is 6.93. The summed E-state index contributed by atoms with van der Waals surface area (Å²) in [7, 11) is 0. The lowest BCUT2D eigenvalue weighted by Crippen LogP contribution is -2.37. The Labute approximate surface area is 128 Å². The van der Waals surface area contributed by atoms with Crippen LogP contribution in [0.15, 0.2) is 0 Å². The third-order valence-corrected chi connectivity index (χ3v) is 6.70. The molecule has 19 heavy (non-hydrogen) atoms. The van der Waals surface area contributed by atoms with Gasteiger partial charge >= 0.3 is 0 Å². The van der Waals surface area contributed by atoms with Crippen LogP contribution < -0.4 is 0 Å². The van der Waals surface area contributed by atoms with Gasteiger partial charge < -0.3 is 4.74 Å². The van der Waals surface area contributed by atoms with Crippen LogP contribution in [0.1, 0.15) is 65.7 Å². The van der Waals surface area contributed by atoms with E-state index in [0.29, 0.717) is 11.5 Å². The van der Waals surface area contributed by atoms with Gasteiger partial charge in [-0.1, -0.05) is 56.0 Å². The first-order valence-electron chi connectivity index (χ1n) is 8.24. The molecule has 2 aliphatic rings. The molecule has 112 valence electrons. The molecule has 2 heteroatoms. The lowest BCUT2D eigenvalue weighted by atomic mass is 9.75. The summed E-state index contributed by atoms with van der Waals surface area (Å²) < 4.78 is 6.48. The van der Waals surface area contributed by atoms with E-state index in [1.165, 1.54) is 44.9 Å². The average Bonchev–Trinajstić information content (AvgIpc) is 2.85. The van der Waals surface area contributed by atoms with Gasteiger partial charge in [-0.25, -0.2) is 0 Å². The molecule has 0 saturated heterocycles. The van der Waals surface area contributed by atoms with Gasteiger partial charge in [0.05, 0.1) is 12.7 Å². The molecular formula is C17H31BrO. The number of hydrogen-bond donors (Lipinski definition) is 0. The van der Waals surface area contributed by atoms with Crippen LogP contribution in [0.25, 0.3) is 0 Å². The van der Waals surface area contributed by atoms with Crippen LogP contribution in [0.4, 0.5) is 0 Å². The van der Waals surface area contributed by atoms with Crippen molar-refractivity contribution < 1.29 is 4.74 Å². The zero-order valence-corrected chi connectivity index (χ0v) is 14.5. The van der Waals surface area contributed by atoms with Crippen molar-refractivity contribution in [2.75, 3.05) is 11.9 Å². The molecule has 0 bridgehead atoms. The number of rotatable bonds is 5. The van der Waals surface area contributed by atoms with Crippen molar-refractivity contribution in [1.82, 2.24) is 0 Å². The van der Waals surface area contributed by atoms with Crippen LogP contribution in [-0.4, -0.2) is 18.0 Å². The lowest BCUT2D eigenvalue weighted by molar-refractivity contribution is -0.0668. The molecule has 1 nitrogen and oxygen atoms in total. The molecule has 2 saturated carbocycles. The monoisotopic (exact) mass is 330 g/mol. The fourth-order valence-corrected chi connectivity index (χ4v) is 4.75. The predicted octanol–water partition coefficient (Wildman–Crippen LogP) is 5.42. The maximum Gasteiger partial charge on any atom is 0.0608 e. The maximum absolute atomic E-state index is 6.48. The highest BCUT2D eigenvalue weighted by Crippen LogP contribution is 2.42. The van der Waals surface area contributed by atoms with Crippen molar-refractivity contribution in [3.8, 4) is 0 Å². The van der Waals surface area contributed by atoms with Crippen LogP contribution in [0.3, 0.4) is 0 Å². The van der Waals surface area contributed by atoms with Crippen molar-refractivity contribution in [3.63, 3.8) is 0 Å². The van der Waals surface area contributed by atoms with Crippen LogP contribution in [0.5, 0.6) is 0 Å². The first-order valence-corrected chi connectivity index (χ1v) is 9.36. The van der Waals surface area contributed by atoms with Crippen LogP contribution in [-0.2, 0) is 4.74 Å². The Balaban J connectivity index is 1.91. The van der Waals surface area contributed by atoms with Crippen molar-refractivity contribution in [2.24, 2.45) is 23.2 Å². The van der Waals surface area contributed by atoms with E-state index in [2.05, 4.69) is 36.7 Å². The molecule has 0 amide bonds. The van der Waals surface area contributed by atoms with E-state index in [4.69, 9.17) is 4.74 Å². The standard InChI is InChI=1S/C17H31BrO/c1-13(2)15-7-6-14(3)10-16(15)19-12-17(11-18)8-4-5-9-17/h13-16H,4-12H2,1-3H3. The van der Waals surface area contributed by atoms with Gasteiger partial charge in [0.1, 0.15) is 0 Å². The number of ether oxygens (including phenoxy) is 1. The van der Waals surface area contributed by atoms with Gasteiger partial charge in [-0.05, 0) is 43.4 Å². The molecule has 0 aromatic heterocycles. The van der Waals surface area contributed by atoms with E-state index in [-0.39, 0.29) is 0 Å². The molecule has 3 unspecified atom stereocenters. The molecule has 0 N–H and O–H groups in total. The summed E-state index contributed by atoms with van der Waals surface area (Å²) >= 11 is 3.73. The second-order valence-electron chi connectivity index (χ2n) is 7.52. The van der Waals surface area contributed by atoms with Crippen molar-refractivity contribution in [1.29, 1.82) is 0 Å². The SMILES string of the molecule is CC1CCC(C(C)C)C(OCC2(CBr)CCCC2)C1. The van der Waals surface area contributed by atoms with Gasteiger partial charge in [0, 0.05) is 10.7 Å². The van der Waals surface area contributed by atoms with Gasteiger partial charge in [0.15, 0.2) is 0 Å². The van der Waals surface area contributed by atoms with E-state index < -0.39 is 0 Å². The Morgan fingerprint density at radius 3 is 2.47 bits per heavy atom. The number of hydrogen-bond acceptors (Lipinski definition) is 1. The summed E-state index contributed by atoms with van der Waals surface area (Å²) in [5, 5.41) is 1.12. The molecule has 0 aromatic rings. The first-order chi connectivity index (χ1) is 9.06. The zero-order chi connectivity index (χ0) is 13.9. The van der Waals surface area contributed by atoms with Gasteiger partial charge in [-0.3, -0.25) is 0 Å². The molecule has 0 aromatic carbocycles. The molecular weight excluding hydrogens is 300 g/mol. The minimum absolute atomic E-state index is 0.447. The highest BCUT2D eigenvalue weighted by molar-refractivity contribution is 9.09. The van der Waals surface area contributed by atoms with E-state index in [0.717, 1.165) is 29.7 Å². The number of alkyl halides is 1. The molecule has 2 fully saturated rings. The fraction of sp³-hybridized carbons (Fsp3) is 1.00. The van der Waals surface area contributed by atoms with Gasteiger partial charge in [0.2, 0.25) is 0 Å². The third-order valence-electron chi connectivity index (χ3n) is 5.51. The average molecular weight is 331 g/mol. The molecule has 0 heterocycles. The fourth-order valence-electron chi connectivity index (χ4n) is 4.03. The minimum atomic E-state index is 0.447. The van der Waals surface area contributed by atoms with E-state index >= 15 is 0 Å². The highest BCUT2D eigenvalue weighted by atomic mass is 79.9. The summed E-state index contributed by atoms with van der Waals surface area (Å²) in [6.45, 7) is 8.11. The Hall–Kier alpha value is 0.440. The van der Waals surface area contributed by atoms with Crippen LogP contribution in [0, 0.1) is 23.2 Å². The Morgan fingerprint density at radius 1 is 1.21 bits per heavy atom. The smallest absolute Gasteiger partial charge is 0.0608 e. The van der Waals surface area contributed by atoms with Gasteiger partial charge in [-0.2, -0.15) is 0 Å². The van der Waals surface area contributed by atoms with Crippen molar-refractivity contribution >= 4 is 15.9 Å². The third kappa shape index (κ3) is 3.97. The quantitative estimate of drug-likeness (QED) is 0.611. The number of halogens is 1. The summed E-state index contributed by atoms with van der Waals surface area (Å²) in [5.74, 6) is 2.40. The largest absolute Gasteiger partial charge is 0.377 e. The Morgan fingerprint density at radius 2 is 1.89 bits per heavy atom.